The third kappa shape index (κ3) is 5.98. The Kier molecular flexibility index (Phi) is 6.99. The predicted molar refractivity (Wildman–Crippen MR) is 105 cm³/mol. The molecule has 0 aliphatic carbocycles. The van der Waals surface area contributed by atoms with E-state index in [9.17, 15) is 14.7 Å². The minimum Gasteiger partial charge on any atom is -0.497 e. The van der Waals surface area contributed by atoms with Crippen LogP contribution in [0.25, 0.3) is 0 Å². The lowest BCUT2D eigenvalue weighted by Crippen LogP contribution is -2.45. The quantitative estimate of drug-likeness (QED) is 0.643. The van der Waals surface area contributed by atoms with Crippen LogP contribution in [0, 0.1) is 11.3 Å². The van der Waals surface area contributed by atoms with Gasteiger partial charge in [-0.3, -0.25) is 9.59 Å². The van der Waals surface area contributed by atoms with Gasteiger partial charge in [0.1, 0.15) is 11.8 Å². The number of benzene rings is 2. The molecule has 0 saturated heterocycles. The SMILES string of the molecule is COc1ccc(CC(C)(O)CNC(=O)C(=O)Nc2cc(Cl)ccc2C#N)cc1. The minimum atomic E-state index is -1.27. The van der Waals surface area contributed by atoms with Crippen molar-refractivity contribution in [1.82, 2.24) is 5.32 Å². The van der Waals surface area contributed by atoms with Crippen LogP contribution in [0.2, 0.25) is 5.02 Å². The number of nitriles is 1. The molecule has 0 aromatic heterocycles. The van der Waals surface area contributed by atoms with Crippen molar-refractivity contribution >= 4 is 29.1 Å². The molecule has 3 N–H and O–H groups in total. The third-order valence-corrected chi connectivity index (χ3v) is 4.17. The topological polar surface area (TPSA) is 111 Å². The first-order valence-electron chi connectivity index (χ1n) is 8.38. The second-order valence-electron chi connectivity index (χ2n) is 6.46. The smallest absolute Gasteiger partial charge is 0.313 e. The standard InChI is InChI=1S/C20H20ClN3O4/c1-20(27,10-13-3-7-16(28-2)8-4-13)12-23-18(25)19(26)24-17-9-15(21)6-5-14(17)11-22/h3-9,27H,10,12H2,1-2H3,(H,23,25)(H,24,26). The number of amides is 2. The average Bonchev–Trinajstić information content (AvgIpc) is 2.66. The van der Waals surface area contributed by atoms with Crippen LogP contribution in [0.3, 0.4) is 0 Å². The molecule has 1 atom stereocenters. The maximum Gasteiger partial charge on any atom is 0.313 e. The molecule has 0 aliphatic heterocycles. The van der Waals surface area contributed by atoms with Crippen LogP contribution in [0.1, 0.15) is 18.1 Å². The van der Waals surface area contributed by atoms with Gasteiger partial charge in [-0.1, -0.05) is 23.7 Å². The number of carbonyl (C=O) groups is 2. The van der Waals surface area contributed by atoms with Gasteiger partial charge in [0.15, 0.2) is 0 Å². The zero-order valence-corrected chi connectivity index (χ0v) is 16.2. The first kappa shape index (κ1) is 21.2. The number of anilines is 1. The molecule has 28 heavy (non-hydrogen) atoms. The van der Waals surface area contributed by atoms with Gasteiger partial charge in [0.2, 0.25) is 0 Å². The van der Waals surface area contributed by atoms with Gasteiger partial charge in [0.25, 0.3) is 0 Å². The highest BCUT2D eigenvalue weighted by Gasteiger charge is 2.24. The molecular weight excluding hydrogens is 382 g/mol. The van der Waals surface area contributed by atoms with Gasteiger partial charge in [0.05, 0.1) is 24.0 Å². The van der Waals surface area contributed by atoms with Crippen molar-refractivity contribution < 1.29 is 19.4 Å². The summed E-state index contributed by atoms with van der Waals surface area (Å²) in [7, 11) is 1.56. The van der Waals surface area contributed by atoms with E-state index in [0.29, 0.717) is 10.8 Å². The molecule has 0 fully saturated rings. The van der Waals surface area contributed by atoms with E-state index in [-0.39, 0.29) is 24.2 Å². The summed E-state index contributed by atoms with van der Waals surface area (Å²) in [6.45, 7) is 1.42. The fourth-order valence-corrected chi connectivity index (χ4v) is 2.67. The molecule has 1 unspecified atom stereocenters. The van der Waals surface area contributed by atoms with E-state index >= 15 is 0 Å². The molecule has 2 rings (SSSR count). The number of carbonyl (C=O) groups excluding carboxylic acids is 2. The molecule has 2 aromatic rings. The first-order chi connectivity index (χ1) is 13.2. The summed E-state index contributed by atoms with van der Waals surface area (Å²) >= 11 is 5.85. The number of methoxy groups -OCH3 is 1. The molecule has 0 heterocycles. The number of aliphatic hydroxyl groups is 1. The van der Waals surface area contributed by atoms with Crippen molar-refractivity contribution in [3.05, 3.63) is 58.6 Å². The lowest BCUT2D eigenvalue weighted by atomic mass is 9.96. The van der Waals surface area contributed by atoms with Crippen LogP contribution < -0.4 is 15.4 Å². The maximum atomic E-state index is 12.1. The van der Waals surface area contributed by atoms with Crippen molar-refractivity contribution in [3.63, 3.8) is 0 Å². The molecule has 8 heteroatoms. The molecule has 0 spiro atoms. The van der Waals surface area contributed by atoms with Gasteiger partial charge in [-0.05, 0) is 42.8 Å². The Morgan fingerprint density at radius 1 is 1.21 bits per heavy atom. The molecular formula is C20H20ClN3O4. The first-order valence-corrected chi connectivity index (χ1v) is 8.76. The maximum absolute atomic E-state index is 12.1. The highest BCUT2D eigenvalue weighted by molar-refractivity contribution is 6.40. The Balaban J connectivity index is 1.93. The van der Waals surface area contributed by atoms with E-state index in [0.717, 1.165) is 5.56 Å². The van der Waals surface area contributed by atoms with Gasteiger partial charge >= 0.3 is 11.8 Å². The van der Waals surface area contributed by atoms with E-state index in [1.54, 1.807) is 26.2 Å². The Bertz CT molecular complexity index is 905. The molecule has 0 radical (unpaired) electrons. The van der Waals surface area contributed by atoms with Crippen molar-refractivity contribution in [3.8, 4) is 11.8 Å². The van der Waals surface area contributed by atoms with Gasteiger partial charge in [0, 0.05) is 18.0 Å². The Morgan fingerprint density at radius 3 is 2.50 bits per heavy atom. The Morgan fingerprint density at radius 2 is 1.89 bits per heavy atom. The summed E-state index contributed by atoms with van der Waals surface area (Å²) in [5.74, 6) is -1.19. The minimum absolute atomic E-state index is 0.133. The molecule has 2 amide bonds. The van der Waals surface area contributed by atoms with Crippen molar-refractivity contribution in [2.75, 3.05) is 19.0 Å². The van der Waals surface area contributed by atoms with E-state index in [1.807, 2.05) is 18.2 Å². The number of nitrogens with one attached hydrogen (secondary N) is 2. The molecule has 7 nitrogen and oxygen atoms in total. The lowest BCUT2D eigenvalue weighted by molar-refractivity contribution is -0.136. The zero-order chi connectivity index (χ0) is 20.7. The largest absolute Gasteiger partial charge is 0.497 e. The van der Waals surface area contributed by atoms with Crippen LogP contribution >= 0.6 is 11.6 Å². The molecule has 0 bridgehead atoms. The third-order valence-electron chi connectivity index (χ3n) is 3.93. The fraction of sp³-hybridized carbons (Fsp3) is 0.250. The van der Waals surface area contributed by atoms with Crippen molar-refractivity contribution in [2.45, 2.75) is 18.9 Å². The normalized spacial score (nSPS) is 12.4. The van der Waals surface area contributed by atoms with E-state index in [2.05, 4.69) is 10.6 Å². The summed E-state index contributed by atoms with van der Waals surface area (Å²) in [4.78, 5) is 24.1. The Labute approximate surface area is 167 Å². The summed E-state index contributed by atoms with van der Waals surface area (Å²) in [6.07, 6.45) is 0.270. The predicted octanol–water partition coefficient (Wildman–Crippen LogP) is 2.27. The molecule has 2 aromatic carbocycles. The number of nitrogens with zero attached hydrogens (tertiary/aromatic N) is 1. The molecule has 0 saturated carbocycles. The number of ether oxygens (including phenoxy) is 1. The Hall–Kier alpha value is -3.08. The number of hydrogen-bond donors (Lipinski definition) is 3. The highest BCUT2D eigenvalue weighted by Crippen LogP contribution is 2.20. The molecule has 146 valence electrons. The molecule has 0 aliphatic rings. The van der Waals surface area contributed by atoms with E-state index in [1.165, 1.54) is 18.2 Å². The van der Waals surface area contributed by atoms with Crippen LogP contribution in [0.4, 0.5) is 5.69 Å². The second kappa shape index (κ2) is 9.22. The summed E-state index contributed by atoms with van der Waals surface area (Å²) in [6, 6.07) is 13.4. The summed E-state index contributed by atoms with van der Waals surface area (Å²) in [5, 5.41) is 24.6. The lowest BCUT2D eigenvalue weighted by Gasteiger charge is -2.23. The van der Waals surface area contributed by atoms with Gasteiger partial charge in [-0.2, -0.15) is 5.26 Å². The fourth-order valence-electron chi connectivity index (χ4n) is 2.49. The summed E-state index contributed by atoms with van der Waals surface area (Å²) in [5.41, 5.74) is -0.0995. The number of halogens is 1. The van der Waals surface area contributed by atoms with Gasteiger partial charge < -0.3 is 20.5 Å². The average molecular weight is 402 g/mol. The van der Waals surface area contributed by atoms with Crippen LogP contribution in [0.5, 0.6) is 5.75 Å². The summed E-state index contributed by atoms with van der Waals surface area (Å²) < 4.78 is 5.08. The van der Waals surface area contributed by atoms with E-state index < -0.39 is 17.4 Å². The van der Waals surface area contributed by atoms with E-state index in [4.69, 9.17) is 21.6 Å². The monoisotopic (exact) mass is 401 g/mol. The second-order valence-corrected chi connectivity index (χ2v) is 6.90. The van der Waals surface area contributed by atoms with Crippen LogP contribution in [-0.4, -0.2) is 36.2 Å². The number of hydrogen-bond acceptors (Lipinski definition) is 5. The zero-order valence-electron chi connectivity index (χ0n) is 15.5. The van der Waals surface area contributed by atoms with Crippen molar-refractivity contribution in [1.29, 1.82) is 5.26 Å². The number of rotatable bonds is 6. The van der Waals surface area contributed by atoms with Crippen LogP contribution in [-0.2, 0) is 16.0 Å². The van der Waals surface area contributed by atoms with Crippen molar-refractivity contribution in [2.24, 2.45) is 0 Å². The van der Waals surface area contributed by atoms with Gasteiger partial charge in [-0.15, -0.1) is 0 Å². The van der Waals surface area contributed by atoms with Crippen LogP contribution in [0.15, 0.2) is 42.5 Å². The highest BCUT2D eigenvalue weighted by atomic mass is 35.5. The van der Waals surface area contributed by atoms with Gasteiger partial charge in [-0.25, -0.2) is 0 Å².